The minimum absolute atomic E-state index is 0.0195. The smallest absolute Gasteiger partial charge is 0.264 e. The van der Waals surface area contributed by atoms with Crippen LogP contribution < -0.4 is 76.2 Å². The number of nitrogens with two attached hydrogens (primary N) is 4. The molecule has 2 fully saturated rings. The van der Waals surface area contributed by atoms with Crippen molar-refractivity contribution < 1.29 is 57.5 Å². The summed E-state index contributed by atoms with van der Waals surface area (Å²) < 4.78 is 0. The fourth-order valence-electron chi connectivity index (χ4n) is 14.1. The van der Waals surface area contributed by atoms with E-state index in [4.69, 9.17) is 22.9 Å². The predicted octanol–water partition coefficient (Wildman–Crippen LogP) is 4.10. The van der Waals surface area contributed by atoms with Crippen LogP contribution in [0.25, 0.3) is 10.9 Å². The van der Waals surface area contributed by atoms with Crippen molar-refractivity contribution in [3.63, 3.8) is 0 Å². The van der Waals surface area contributed by atoms with Gasteiger partial charge >= 0.3 is 0 Å². The number of hydrogen-bond acceptors (Lipinski definition) is 17. The van der Waals surface area contributed by atoms with E-state index < -0.39 is 113 Å². The lowest BCUT2D eigenvalue weighted by Gasteiger charge is -2.31. The first-order valence-corrected chi connectivity index (χ1v) is 42.7. The van der Waals surface area contributed by atoms with Crippen LogP contribution in [0.1, 0.15) is 185 Å². The molecule has 0 radical (unpaired) electrons. The van der Waals surface area contributed by atoms with Gasteiger partial charge in [0.05, 0.1) is 6.04 Å². The number of nitrogens with zero attached hydrogens (tertiary/aromatic N) is 4. The highest BCUT2D eigenvalue weighted by atomic mass is 32.2. The molecule has 0 spiro atoms. The fourth-order valence-corrected chi connectivity index (χ4v) is 14.6. The minimum Gasteiger partial charge on any atom is -0.370 e. The van der Waals surface area contributed by atoms with Gasteiger partial charge in [-0.1, -0.05) is 150 Å². The largest absolute Gasteiger partial charge is 0.370 e. The molecule has 4 aromatic rings. The van der Waals surface area contributed by atoms with Crippen molar-refractivity contribution in [2.45, 2.75) is 242 Å². The van der Waals surface area contributed by atoms with Gasteiger partial charge in [0.25, 0.3) is 5.91 Å². The summed E-state index contributed by atoms with van der Waals surface area (Å²) in [5.41, 5.74) is 28.6. The highest BCUT2D eigenvalue weighted by Gasteiger charge is 2.42. The number of likely N-dealkylation sites (tertiary alicyclic amines) is 2. The Kier molecular flexibility index (Phi) is 43.2. The van der Waals surface area contributed by atoms with Crippen LogP contribution in [0.2, 0.25) is 0 Å². The van der Waals surface area contributed by atoms with E-state index in [-0.39, 0.29) is 101 Å². The summed E-state index contributed by atoms with van der Waals surface area (Å²) in [6.07, 6.45) is 24.9. The number of amides is 12. The van der Waals surface area contributed by atoms with Crippen LogP contribution in [-0.4, -0.2) is 210 Å². The van der Waals surface area contributed by atoms with E-state index in [1.54, 1.807) is 92.5 Å². The number of thioether (sulfide) groups is 1. The molecule has 3 heterocycles. The SMILES string of the molecule is CCCCCC/C=C\CCCCCCCC(=O)NCCCNC(=O)/C=N/NCC(=O)NCCCC[C@H](NC(=O)[C@H](Cc1ccccc1)NC(=O)[C@@H](Cc1c[nH]c2ccccc12)NC(=O)[C@H](CCCN=C(N)N)NC(=O)[C@@H](Cc1ccccc1)NC(=O)[C@@H]1CCCN1C(=O)[C@@H](N)CCSC)C(=O)N1CCC[C@H]1C(=O)N[C@H](C(N)=O)C(C)C. The molecule has 1 aromatic heterocycles. The molecule has 6 rings (SSSR count). The van der Waals surface area contributed by atoms with Gasteiger partial charge in [-0.15, -0.1) is 0 Å². The lowest BCUT2D eigenvalue weighted by molar-refractivity contribution is -0.142. The number of para-hydroxylation sites is 1. The van der Waals surface area contributed by atoms with Crippen LogP contribution in [0.4, 0.5) is 0 Å². The number of aromatic amines is 1. The third-order valence-electron chi connectivity index (χ3n) is 20.5. The number of allylic oxidation sites excluding steroid dienone is 2. The Hall–Kier alpha value is -10.4. The van der Waals surface area contributed by atoms with Crippen LogP contribution in [0.3, 0.4) is 0 Å². The summed E-state index contributed by atoms with van der Waals surface area (Å²) in [5, 5.41) is 30.1. The lowest BCUT2D eigenvalue weighted by Crippen LogP contribution is -2.61. The topological polar surface area (TPSA) is 476 Å². The van der Waals surface area contributed by atoms with E-state index in [9.17, 15) is 38.4 Å². The Morgan fingerprint density at radius 2 is 1.08 bits per heavy atom. The van der Waals surface area contributed by atoms with E-state index in [0.717, 1.165) is 62.1 Å². The van der Waals surface area contributed by atoms with Crippen LogP contribution >= 0.6 is 11.8 Å². The van der Waals surface area contributed by atoms with Gasteiger partial charge in [-0.2, -0.15) is 16.9 Å². The van der Waals surface area contributed by atoms with Crippen LogP contribution in [0, 0.1) is 5.92 Å². The number of hydrazone groups is 1. The van der Waals surface area contributed by atoms with Crippen molar-refractivity contribution in [1.29, 1.82) is 0 Å². The maximum absolute atomic E-state index is 15.5. The Morgan fingerprint density at radius 1 is 0.552 bits per heavy atom. The first kappa shape index (κ1) is 94.5. The normalized spacial score (nSPS) is 15.8. The summed E-state index contributed by atoms with van der Waals surface area (Å²) >= 11 is 1.54. The van der Waals surface area contributed by atoms with Crippen molar-refractivity contribution in [2.24, 2.45) is 38.9 Å². The van der Waals surface area contributed by atoms with Crippen LogP contribution in [0.5, 0.6) is 0 Å². The molecule has 12 amide bonds. The van der Waals surface area contributed by atoms with Gasteiger partial charge in [0.2, 0.25) is 65.0 Å². The molecular formula is C84H127N19O12S. The number of fused-ring (bicyclic) bond motifs is 1. The van der Waals surface area contributed by atoms with Crippen molar-refractivity contribution in [3.8, 4) is 0 Å². The summed E-state index contributed by atoms with van der Waals surface area (Å²) in [7, 11) is 0. The third-order valence-corrected chi connectivity index (χ3v) is 21.2. The van der Waals surface area contributed by atoms with E-state index in [1.807, 2.05) is 30.5 Å². The number of hydrogen-bond donors (Lipinski definition) is 15. The molecule has 0 unspecified atom stereocenters. The van der Waals surface area contributed by atoms with E-state index >= 15 is 19.2 Å². The number of rotatable bonds is 55. The van der Waals surface area contributed by atoms with Gasteiger partial charge < -0.3 is 91.0 Å². The standard InChI is InChI=1S/C84H127N19O12S/c1-5-6-7-8-9-10-11-12-13-14-15-16-23-42-71(104)89-46-31-47-91-73(106)56-95-94-55-72(105)90-44-27-26-38-65(83(115)103-49-30-41-70(103)81(113)101-74(57(2)3)75(86)107)97-78(110)66(51-58-32-19-17-20-33-58)98-79(111)68(53-60-54-93-63-37-25-24-36-61(60)63)99-76(108)64(39-28-45-92-84(87)88)96-77(109)67(52-59-34-21-18-22-35-59)100-80(112)69-40-29-48-102(69)82(114)62(85)43-50-116-4/h10-11,17-22,24-25,32-37,54,56-57,62,64-70,74,93-94H,5-9,12-16,23,26-31,38-53,55,85H2,1-4H3,(H2,86,107)(H,89,104)(H,90,105)(H,91,106)(H,96,109)(H,97,110)(H,98,111)(H,99,108)(H,100,112)(H,101,113)(H4,87,88,92)/b11-10-,95-56+/t62-,64-,65-,66-,67+,68+,69-,70-,74-/m0/s1. The first-order valence-electron chi connectivity index (χ1n) is 41.4. The Labute approximate surface area is 686 Å². The van der Waals surface area contributed by atoms with Crippen molar-refractivity contribution in [3.05, 3.63) is 120 Å². The molecule has 0 saturated carbocycles. The number of aromatic nitrogens is 1. The molecule has 2 aliphatic heterocycles. The zero-order chi connectivity index (χ0) is 84.0. The highest BCUT2D eigenvalue weighted by molar-refractivity contribution is 7.98. The molecule has 0 bridgehead atoms. The van der Waals surface area contributed by atoms with Crippen molar-refractivity contribution >= 4 is 106 Å². The fraction of sp³-hybridized carbons (Fsp3) is 0.571. The van der Waals surface area contributed by atoms with Gasteiger partial charge in [0.15, 0.2) is 5.96 Å². The van der Waals surface area contributed by atoms with E-state index in [2.05, 4.69) is 87.4 Å². The number of H-pyrrole nitrogens is 1. The summed E-state index contributed by atoms with van der Waals surface area (Å²) in [6, 6.07) is 14.2. The average Bonchev–Trinajstić information content (AvgIpc) is 1.62. The molecular weight excluding hydrogens is 1500 g/mol. The molecule has 2 saturated heterocycles. The van der Waals surface area contributed by atoms with Crippen LogP contribution in [-0.2, 0) is 76.8 Å². The van der Waals surface area contributed by atoms with Gasteiger partial charge in [0.1, 0.15) is 61.1 Å². The van der Waals surface area contributed by atoms with Gasteiger partial charge in [0, 0.05) is 82.1 Å². The number of nitrogens with one attached hydrogen (secondary N) is 11. The Bertz CT molecular complexity index is 3860. The second-order valence-corrected chi connectivity index (χ2v) is 31.1. The second-order valence-electron chi connectivity index (χ2n) is 30.2. The number of carbonyl (C=O) groups excluding carboxylic acids is 12. The highest BCUT2D eigenvalue weighted by Crippen LogP contribution is 2.25. The van der Waals surface area contributed by atoms with Crippen LogP contribution in [0.15, 0.2) is 113 Å². The van der Waals surface area contributed by atoms with E-state index in [1.165, 1.54) is 35.5 Å². The Balaban J connectivity index is 1.15. The van der Waals surface area contributed by atoms with E-state index in [0.29, 0.717) is 87.0 Å². The number of carbonyl (C=O) groups is 12. The quantitative estimate of drug-likeness (QED) is 0.00972. The zero-order valence-electron chi connectivity index (χ0n) is 68.1. The summed E-state index contributed by atoms with van der Waals surface area (Å²) in [5.74, 6) is -7.12. The number of unbranched alkanes of at least 4 members (excludes halogenated alkanes) is 10. The summed E-state index contributed by atoms with van der Waals surface area (Å²) in [4.78, 5) is 179. The molecule has 9 atom stereocenters. The molecule has 0 aliphatic carbocycles. The number of benzene rings is 3. The molecule has 19 N–H and O–H groups in total. The van der Waals surface area contributed by atoms with Gasteiger partial charge in [-0.05, 0) is 143 Å². The maximum Gasteiger partial charge on any atom is 0.264 e. The molecule has 32 heteroatoms. The Morgan fingerprint density at radius 3 is 1.70 bits per heavy atom. The number of aliphatic imine (C=N–C) groups is 1. The molecule has 636 valence electrons. The molecule has 2 aliphatic rings. The zero-order valence-corrected chi connectivity index (χ0v) is 68.9. The predicted molar refractivity (Wildman–Crippen MR) is 452 cm³/mol. The lowest BCUT2D eigenvalue weighted by atomic mass is 10.00. The van der Waals surface area contributed by atoms with Gasteiger partial charge in [-0.3, -0.25) is 62.5 Å². The minimum atomic E-state index is -1.48. The second kappa shape index (κ2) is 53.0. The molecule has 3 aromatic carbocycles. The molecule has 31 nitrogen and oxygen atoms in total. The van der Waals surface area contributed by atoms with Crippen molar-refractivity contribution in [1.82, 2.24) is 68.1 Å². The average molecular weight is 1630 g/mol. The van der Waals surface area contributed by atoms with Crippen molar-refractivity contribution in [2.75, 3.05) is 57.8 Å². The van der Waals surface area contributed by atoms with Gasteiger partial charge in [-0.25, -0.2) is 0 Å². The first-order chi connectivity index (χ1) is 56.0. The summed E-state index contributed by atoms with van der Waals surface area (Å²) in [6.45, 7) is 6.63. The molecule has 116 heavy (non-hydrogen) atoms. The monoisotopic (exact) mass is 1630 g/mol. The number of guanidine groups is 1. The number of primary amides is 1. The third kappa shape index (κ3) is 34.2. The maximum atomic E-state index is 15.5.